The van der Waals surface area contributed by atoms with E-state index in [0.29, 0.717) is 17.5 Å². The Morgan fingerprint density at radius 2 is 0.580 bits per heavy atom. The lowest BCUT2D eigenvalue weighted by Crippen LogP contribution is -2.37. The molecule has 0 radical (unpaired) electrons. The molecule has 0 aliphatic rings. The third-order valence-corrected chi connectivity index (χ3v) is 13.4. The van der Waals surface area contributed by atoms with Gasteiger partial charge in [0.05, 0.1) is 16.1 Å². The van der Waals surface area contributed by atoms with Crippen LogP contribution in [0, 0.1) is 0 Å². The predicted octanol–water partition coefficient (Wildman–Crippen LogP) is 11.0. The summed E-state index contributed by atoms with van der Waals surface area (Å²) < 4.78 is 0. The summed E-state index contributed by atoms with van der Waals surface area (Å²) in [6.07, 6.45) is 0. The van der Waals surface area contributed by atoms with Crippen molar-refractivity contribution < 1.29 is 0 Å². The lowest BCUT2D eigenvalue weighted by Gasteiger charge is -2.17. The van der Waals surface area contributed by atoms with Crippen molar-refractivity contribution >= 4 is 26.5 Å². The maximum absolute atomic E-state index is 5.08. The summed E-state index contributed by atoms with van der Waals surface area (Å²) in [5.41, 5.74) is 10.0. The van der Waals surface area contributed by atoms with Gasteiger partial charge in [0.25, 0.3) is 0 Å². The SMILES string of the molecule is C[Si](C)(C)c1ccc(-c2nc(-c3ccc([Si](C)(C)C)cc3)nc(-c3cccc(-c4cccc(-c5cccc(-c6ccccc6)c5)c4)c3)n2)cc1. The van der Waals surface area contributed by atoms with Crippen LogP contribution in [0.25, 0.3) is 67.5 Å². The molecule has 0 N–H and O–H groups in total. The molecule has 0 saturated heterocycles. The second-order valence-electron chi connectivity index (χ2n) is 15.1. The molecule has 0 bridgehead atoms. The fourth-order valence-corrected chi connectivity index (χ4v) is 8.56. The van der Waals surface area contributed by atoms with Gasteiger partial charge in [-0.05, 0) is 51.6 Å². The minimum atomic E-state index is -1.44. The van der Waals surface area contributed by atoms with Gasteiger partial charge < -0.3 is 0 Å². The van der Waals surface area contributed by atoms with Crippen LogP contribution in [0.15, 0.2) is 152 Å². The molecule has 0 saturated carbocycles. The van der Waals surface area contributed by atoms with Gasteiger partial charge in [0.15, 0.2) is 17.5 Å². The van der Waals surface area contributed by atoms with Crippen LogP contribution in [0.4, 0.5) is 0 Å². The van der Waals surface area contributed by atoms with Crippen molar-refractivity contribution in [2.45, 2.75) is 39.3 Å². The molecular formula is C45H43N3Si2. The third kappa shape index (κ3) is 7.35. The molecule has 0 aliphatic heterocycles. The zero-order chi connectivity index (χ0) is 34.9. The molecule has 0 atom stereocenters. The Hall–Kier alpha value is -5.24. The van der Waals surface area contributed by atoms with Crippen molar-refractivity contribution in [3.05, 3.63) is 152 Å². The topological polar surface area (TPSA) is 38.7 Å². The van der Waals surface area contributed by atoms with Gasteiger partial charge in [0.2, 0.25) is 0 Å². The van der Waals surface area contributed by atoms with Gasteiger partial charge in [-0.3, -0.25) is 0 Å². The fraction of sp³-hybridized carbons (Fsp3) is 0.133. The second-order valence-corrected chi connectivity index (χ2v) is 25.2. The first kappa shape index (κ1) is 33.3. The second kappa shape index (κ2) is 13.6. The molecule has 7 aromatic rings. The molecule has 246 valence electrons. The van der Waals surface area contributed by atoms with E-state index in [1.807, 2.05) is 0 Å². The maximum atomic E-state index is 5.08. The van der Waals surface area contributed by atoms with Crippen LogP contribution >= 0.6 is 0 Å². The summed E-state index contributed by atoms with van der Waals surface area (Å²) in [5, 5.41) is 2.83. The van der Waals surface area contributed by atoms with Crippen LogP contribution in [0.5, 0.6) is 0 Å². The summed E-state index contributed by atoms with van der Waals surface area (Å²) in [4.78, 5) is 15.2. The minimum absolute atomic E-state index is 0.669. The van der Waals surface area contributed by atoms with E-state index in [1.165, 1.54) is 32.6 Å². The van der Waals surface area contributed by atoms with Crippen LogP contribution < -0.4 is 10.4 Å². The number of aromatic nitrogens is 3. The number of rotatable bonds is 8. The largest absolute Gasteiger partial charge is 0.208 e. The first-order chi connectivity index (χ1) is 24.0. The van der Waals surface area contributed by atoms with Gasteiger partial charge in [-0.25, -0.2) is 15.0 Å². The Morgan fingerprint density at radius 3 is 0.960 bits per heavy atom. The van der Waals surface area contributed by atoms with Gasteiger partial charge >= 0.3 is 0 Å². The molecule has 0 amide bonds. The van der Waals surface area contributed by atoms with Gasteiger partial charge in [-0.2, -0.15) is 0 Å². The lowest BCUT2D eigenvalue weighted by atomic mass is 9.95. The number of nitrogens with zero attached hydrogens (tertiary/aromatic N) is 3. The Balaban J connectivity index is 1.28. The Labute approximate surface area is 298 Å². The molecule has 1 aromatic heterocycles. The van der Waals surface area contributed by atoms with Gasteiger partial charge in [0, 0.05) is 16.7 Å². The highest BCUT2D eigenvalue weighted by Crippen LogP contribution is 2.32. The molecule has 0 spiro atoms. The highest BCUT2D eigenvalue weighted by atomic mass is 28.3. The standard InChI is InChI=1S/C45H43N3Si2/c1-49(2,3)41-25-21-33(22-26-41)43-46-44(34-23-27-42(28-24-34)50(4,5)6)48-45(47-43)40-20-12-19-39(31-40)38-18-11-17-37(30-38)36-16-10-15-35(29-36)32-13-8-7-9-14-32/h7-31H,1-6H3. The van der Waals surface area contributed by atoms with E-state index in [1.54, 1.807) is 0 Å². The molecule has 0 fully saturated rings. The number of hydrogen-bond donors (Lipinski definition) is 0. The number of benzene rings is 6. The molecule has 1 heterocycles. The van der Waals surface area contributed by atoms with E-state index in [-0.39, 0.29) is 0 Å². The predicted molar refractivity (Wildman–Crippen MR) is 218 cm³/mol. The fourth-order valence-electron chi connectivity index (χ4n) is 6.23. The molecule has 7 rings (SSSR count). The molecule has 50 heavy (non-hydrogen) atoms. The molecule has 0 unspecified atom stereocenters. The Bertz CT molecular complexity index is 2190. The summed E-state index contributed by atoms with van der Waals surface area (Å²) in [7, 11) is -2.88. The summed E-state index contributed by atoms with van der Waals surface area (Å²) >= 11 is 0. The number of hydrogen-bond acceptors (Lipinski definition) is 3. The Kier molecular flexibility index (Phi) is 9.04. The normalized spacial score (nSPS) is 11.8. The first-order valence-corrected chi connectivity index (χ1v) is 24.4. The quantitative estimate of drug-likeness (QED) is 0.150. The van der Waals surface area contributed by atoms with E-state index < -0.39 is 16.1 Å². The van der Waals surface area contributed by atoms with E-state index in [9.17, 15) is 0 Å². The van der Waals surface area contributed by atoms with Crippen molar-refractivity contribution in [1.82, 2.24) is 15.0 Å². The van der Waals surface area contributed by atoms with Crippen molar-refractivity contribution in [1.29, 1.82) is 0 Å². The zero-order valence-electron chi connectivity index (χ0n) is 29.8. The minimum Gasteiger partial charge on any atom is -0.208 e. The van der Waals surface area contributed by atoms with Gasteiger partial charge in [-0.1, -0.05) is 183 Å². The van der Waals surface area contributed by atoms with Crippen LogP contribution in [0.1, 0.15) is 0 Å². The highest BCUT2D eigenvalue weighted by Gasteiger charge is 2.19. The average Bonchev–Trinajstić information content (AvgIpc) is 3.14. The monoisotopic (exact) mass is 681 g/mol. The zero-order valence-corrected chi connectivity index (χ0v) is 31.8. The van der Waals surface area contributed by atoms with Crippen LogP contribution in [-0.2, 0) is 0 Å². The average molecular weight is 682 g/mol. The van der Waals surface area contributed by atoms with Crippen LogP contribution in [0.2, 0.25) is 39.3 Å². The smallest absolute Gasteiger partial charge is 0.164 e. The van der Waals surface area contributed by atoms with Crippen molar-refractivity contribution in [2.24, 2.45) is 0 Å². The molecule has 0 aliphatic carbocycles. The Morgan fingerprint density at radius 1 is 0.280 bits per heavy atom. The lowest BCUT2D eigenvalue weighted by molar-refractivity contribution is 1.07. The van der Waals surface area contributed by atoms with Crippen LogP contribution in [-0.4, -0.2) is 31.1 Å². The van der Waals surface area contributed by atoms with Crippen molar-refractivity contribution in [3.8, 4) is 67.5 Å². The van der Waals surface area contributed by atoms with E-state index in [0.717, 1.165) is 27.8 Å². The summed E-state index contributed by atoms with van der Waals surface area (Å²) in [5.74, 6) is 2.04. The molecule has 5 heteroatoms. The molecular weight excluding hydrogens is 639 g/mol. The summed E-state index contributed by atoms with van der Waals surface area (Å²) in [6, 6.07) is 54.3. The van der Waals surface area contributed by atoms with E-state index in [2.05, 4.69) is 191 Å². The van der Waals surface area contributed by atoms with E-state index >= 15 is 0 Å². The maximum Gasteiger partial charge on any atom is 0.164 e. The third-order valence-electron chi connectivity index (χ3n) is 9.27. The van der Waals surface area contributed by atoms with Gasteiger partial charge in [-0.15, -0.1) is 0 Å². The molecule has 3 nitrogen and oxygen atoms in total. The summed E-state index contributed by atoms with van der Waals surface area (Å²) in [6.45, 7) is 14.2. The highest BCUT2D eigenvalue weighted by molar-refractivity contribution is 6.89. The van der Waals surface area contributed by atoms with E-state index in [4.69, 9.17) is 15.0 Å². The van der Waals surface area contributed by atoms with Crippen molar-refractivity contribution in [3.63, 3.8) is 0 Å². The van der Waals surface area contributed by atoms with Crippen LogP contribution in [0.3, 0.4) is 0 Å². The van der Waals surface area contributed by atoms with Gasteiger partial charge in [0.1, 0.15) is 0 Å². The molecule has 6 aromatic carbocycles. The van der Waals surface area contributed by atoms with Crippen molar-refractivity contribution in [2.75, 3.05) is 0 Å². The first-order valence-electron chi connectivity index (χ1n) is 17.4.